The standard InChI is InChI=1S/C13H14BrN3O/c1-2-16-13-5-3-4-11(17-13)9-18-12-6-10(14)7-15-8-12/h3-8H,2,9H2,1H3,(H,16,17). The fourth-order valence-electron chi connectivity index (χ4n) is 1.47. The van der Waals surface area contributed by atoms with Gasteiger partial charge < -0.3 is 10.1 Å². The number of nitrogens with zero attached hydrogens (tertiary/aromatic N) is 2. The molecule has 0 bridgehead atoms. The zero-order valence-corrected chi connectivity index (χ0v) is 11.6. The fraction of sp³-hybridized carbons (Fsp3) is 0.231. The molecule has 18 heavy (non-hydrogen) atoms. The molecule has 94 valence electrons. The predicted octanol–water partition coefficient (Wildman–Crippen LogP) is 3.25. The maximum atomic E-state index is 5.62. The van der Waals surface area contributed by atoms with Gasteiger partial charge in [-0.1, -0.05) is 6.07 Å². The number of hydrogen-bond donors (Lipinski definition) is 1. The van der Waals surface area contributed by atoms with Crippen molar-refractivity contribution in [1.29, 1.82) is 0 Å². The third-order valence-electron chi connectivity index (χ3n) is 2.23. The van der Waals surface area contributed by atoms with Crippen molar-refractivity contribution in [2.75, 3.05) is 11.9 Å². The third-order valence-corrected chi connectivity index (χ3v) is 2.66. The quantitative estimate of drug-likeness (QED) is 0.921. The zero-order valence-electron chi connectivity index (χ0n) is 10.1. The molecule has 1 N–H and O–H groups in total. The molecule has 0 saturated carbocycles. The van der Waals surface area contributed by atoms with Gasteiger partial charge in [0, 0.05) is 17.2 Å². The monoisotopic (exact) mass is 307 g/mol. The van der Waals surface area contributed by atoms with E-state index >= 15 is 0 Å². The molecular weight excluding hydrogens is 294 g/mol. The van der Waals surface area contributed by atoms with Gasteiger partial charge in [-0.2, -0.15) is 0 Å². The lowest BCUT2D eigenvalue weighted by Gasteiger charge is -2.07. The Morgan fingerprint density at radius 2 is 2.22 bits per heavy atom. The van der Waals surface area contributed by atoms with Crippen LogP contribution < -0.4 is 10.1 Å². The first-order chi connectivity index (χ1) is 8.78. The Hall–Kier alpha value is -1.62. The van der Waals surface area contributed by atoms with E-state index in [1.165, 1.54) is 0 Å². The van der Waals surface area contributed by atoms with Gasteiger partial charge in [-0.25, -0.2) is 4.98 Å². The summed E-state index contributed by atoms with van der Waals surface area (Å²) in [5.41, 5.74) is 0.883. The van der Waals surface area contributed by atoms with E-state index in [-0.39, 0.29) is 0 Å². The van der Waals surface area contributed by atoms with Gasteiger partial charge >= 0.3 is 0 Å². The van der Waals surface area contributed by atoms with Crippen molar-refractivity contribution in [3.63, 3.8) is 0 Å². The zero-order chi connectivity index (χ0) is 12.8. The van der Waals surface area contributed by atoms with Gasteiger partial charge in [0.1, 0.15) is 18.2 Å². The molecule has 0 aromatic carbocycles. The van der Waals surface area contributed by atoms with Crippen molar-refractivity contribution >= 4 is 21.7 Å². The molecule has 0 aliphatic carbocycles. The highest BCUT2D eigenvalue weighted by atomic mass is 79.9. The van der Waals surface area contributed by atoms with Gasteiger partial charge in [0.25, 0.3) is 0 Å². The Morgan fingerprint density at radius 1 is 1.33 bits per heavy atom. The first-order valence-corrected chi connectivity index (χ1v) is 6.50. The maximum absolute atomic E-state index is 5.62. The summed E-state index contributed by atoms with van der Waals surface area (Å²) in [4.78, 5) is 8.47. The first-order valence-electron chi connectivity index (χ1n) is 5.71. The van der Waals surface area contributed by atoms with Crippen LogP contribution in [0.5, 0.6) is 5.75 Å². The minimum Gasteiger partial charge on any atom is -0.486 e. The first kappa shape index (κ1) is 12.8. The molecular formula is C13H14BrN3O. The second kappa shape index (κ2) is 6.35. The van der Waals surface area contributed by atoms with E-state index in [0.29, 0.717) is 6.61 Å². The van der Waals surface area contributed by atoms with Crippen LogP contribution in [0.3, 0.4) is 0 Å². The van der Waals surface area contributed by atoms with Gasteiger partial charge in [-0.3, -0.25) is 4.98 Å². The molecule has 2 rings (SSSR count). The van der Waals surface area contributed by atoms with Crippen LogP contribution in [0.25, 0.3) is 0 Å². The summed E-state index contributed by atoms with van der Waals surface area (Å²) in [5.74, 6) is 1.59. The summed E-state index contributed by atoms with van der Waals surface area (Å²) >= 11 is 3.35. The average molecular weight is 308 g/mol. The molecule has 0 saturated heterocycles. The normalized spacial score (nSPS) is 10.1. The summed E-state index contributed by atoms with van der Waals surface area (Å²) in [6.07, 6.45) is 3.40. The number of pyridine rings is 2. The second-order valence-corrected chi connectivity index (χ2v) is 4.59. The third kappa shape index (κ3) is 3.70. The van der Waals surface area contributed by atoms with Crippen molar-refractivity contribution in [3.05, 3.63) is 46.8 Å². The van der Waals surface area contributed by atoms with Crippen LogP contribution in [0.15, 0.2) is 41.1 Å². The molecule has 0 aliphatic heterocycles. The van der Waals surface area contributed by atoms with E-state index in [4.69, 9.17) is 4.74 Å². The lowest BCUT2D eigenvalue weighted by atomic mass is 10.3. The van der Waals surface area contributed by atoms with E-state index < -0.39 is 0 Å². The van der Waals surface area contributed by atoms with Gasteiger partial charge in [0.15, 0.2) is 0 Å². The average Bonchev–Trinajstić information content (AvgIpc) is 2.37. The van der Waals surface area contributed by atoms with Gasteiger partial charge in [-0.05, 0) is 41.1 Å². The van der Waals surface area contributed by atoms with Gasteiger partial charge in [0.2, 0.25) is 0 Å². The van der Waals surface area contributed by atoms with Crippen LogP contribution in [-0.2, 0) is 6.61 Å². The molecule has 0 aliphatic rings. The highest BCUT2D eigenvalue weighted by molar-refractivity contribution is 9.10. The Balaban J connectivity index is 1.99. The number of rotatable bonds is 5. The number of ether oxygens (including phenoxy) is 1. The van der Waals surface area contributed by atoms with E-state index in [9.17, 15) is 0 Å². The van der Waals surface area contributed by atoms with Crippen LogP contribution >= 0.6 is 15.9 Å². The van der Waals surface area contributed by atoms with Gasteiger partial charge in [0.05, 0.1) is 11.9 Å². The summed E-state index contributed by atoms with van der Waals surface area (Å²) in [7, 11) is 0. The van der Waals surface area contributed by atoms with Crippen molar-refractivity contribution in [2.45, 2.75) is 13.5 Å². The maximum Gasteiger partial charge on any atom is 0.139 e. The summed E-state index contributed by atoms with van der Waals surface area (Å²) < 4.78 is 6.52. The van der Waals surface area contributed by atoms with Crippen LogP contribution in [-0.4, -0.2) is 16.5 Å². The summed E-state index contributed by atoms with van der Waals surface area (Å²) in [6, 6.07) is 7.71. The number of aromatic nitrogens is 2. The minimum absolute atomic E-state index is 0.428. The highest BCUT2D eigenvalue weighted by Crippen LogP contribution is 2.17. The Bertz CT molecular complexity index is 519. The lowest BCUT2D eigenvalue weighted by molar-refractivity contribution is 0.300. The van der Waals surface area contributed by atoms with Crippen molar-refractivity contribution in [1.82, 2.24) is 9.97 Å². The van der Waals surface area contributed by atoms with E-state index in [2.05, 4.69) is 31.2 Å². The summed E-state index contributed by atoms with van der Waals surface area (Å²) in [6.45, 7) is 3.32. The highest BCUT2D eigenvalue weighted by Gasteiger charge is 2.00. The van der Waals surface area contributed by atoms with Crippen LogP contribution in [0.2, 0.25) is 0 Å². The molecule has 2 aromatic rings. The Labute approximate surface area is 115 Å². The van der Waals surface area contributed by atoms with Crippen molar-refractivity contribution in [2.24, 2.45) is 0 Å². The molecule has 0 atom stereocenters. The Kier molecular flexibility index (Phi) is 4.52. The predicted molar refractivity (Wildman–Crippen MR) is 74.7 cm³/mol. The molecule has 2 heterocycles. The molecule has 0 unspecified atom stereocenters. The van der Waals surface area contributed by atoms with Crippen LogP contribution in [0.1, 0.15) is 12.6 Å². The largest absolute Gasteiger partial charge is 0.486 e. The van der Waals surface area contributed by atoms with E-state index in [0.717, 1.165) is 28.3 Å². The van der Waals surface area contributed by atoms with E-state index in [1.807, 2.05) is 31.2 Å². The van der Waals surface area contributed by atoms with Crippen molar-refractivity contribution in [3.8, 4) is 5.75 Å². The fourth-order valence-corrected chi connectivity index (χ4v) is 1.81. The second-order valence-electron chi connectivity index (χ2n) is 3.67. The number of hydrogen-bond acceptors (Lipinski definition) is 4. The smallest absolute Gasteiger partial charge is 0.139 e. The van der Waals surface area contributed by atoms with Crippen molar-refractivity contribution < 1.29 is 4.74 Å². The number of nitrogens with one attached hydrogen (secondary N) is 1. The summed E-state index contributed by atoms with van der Waals surface area (Å²) in [5, 5.41) is 3.17. The molecule has 0 amide bonds. The number of anilines is 1. The molecule has 2 aromatic heterocycles. The number of halogens is 1. The topological polar surface area (TPSA) is 47.0 Å². The minimum atomic E-state index is 0.428. The van der Waals surface area contributed by atoms with E-state index in [1.54, 1.807) is 12.4 Å². The molecule has 0 spiro atoms. The van der Waals surface area contributed by atoms with Crippen LogP contribution in [0.4, 0.5) is 5.82 Å². The van der Waals surface area contributed by atoms with Crippen LogP contribution in [0, 0.1) is 0 Å². The molecule has 0 radical (unpaired) electrons. The lowest BCUT2D eigenvalue weighted by Crippen LogP contribution is -2.03. The SMILES string of the molecule is CCNc1cccc(COc2cncc(Br)c2)n1. The molecule has 4 nitrogen and oxygen atoms in total. The Morgan fingerprint density at radius 3 is 3.00 bits per heavy atom. The molecule has 0 fully saturated rings. The molecule has 5 heteroatoms. The van der Waals surface area contributed by atoms with Gasteiger partial charge in [-0.15, -0.1) is 0 Å².